The Labute approximate surface area is 120 Å². The molecule has 0 atom stereocenters. The maximum Gasteiger partial charge on any atom is 0.167 e. The van der Waals surface area contributed by atoms with E-state index in [4.69, 9.17) is 0 Å². The zero-order chi connectivity index (χ0) is 15.0. The highest BCUT2D eigenvalue weighted by molar-refractivity contribution is 6.19. The summed E-state index contributed by atoms with van der Waals surface area (Å²) in [6, 6.07) is 9.76. The lowest BCUT2D eigenvalue weighted by Gasteiger charge is -2.08. The Bertz CT molecular complexity index is 513. The van der Waals surface area contributed by atoms with Crippen molar-refractivity contribution >= 4 is 17.6 Å². The van der Waals surface area contributed by atoms with Gasteiger partial charge < -0.3 is 4.90 Å². The summed E-state index contributed by atoms with van der Waals surface area (Å²) in [6.45, 7) is 2.07. The van der Waals surface area contributed by atoms with Crippen molar-refractivity contribution in [3.05, 3.63) is 53.6 Å². The number of nitrogens with zero attached hydrogens (tertiary/aromatic N) is 1. The van der Waals surface area contributed by atoms with Gasteiger partial charge in [-0.2, -0.15) is 0 Å². The first-order valence-electron chi connectivity index (χ1n) is 6.63. The minimum atomic E-state index is -0.188. The minimum absolute atomic E-state index is 0.107. The van der Waals surface area contributed by atoms with Gasteiger partial charge in [0.25, 0.3) is 0 Å². The van der Waals surface area contributed by atoms with Crippen molar-refractivity contribution in [1.82, 2.24) is 4.90 Å². The van der Waals surface area contributed by atoms with Crippen LogP contribution in [-0.2, 0) is 9.59 Å². The zero-order valence-corrected chi connectivity index (χ0v) is 12.3. The fraction of sp³-hybridized carbons (Fsp3) is 0.294. The van der Waals surface area contributed by atoms with Crippen LogP contribution in [0.3, 0.4) is 0 Å². The molecule has 0 aliphatic carbocycles. The summed E-state index contributed by atoms with van der Waals surface area (Å²) in [6.07, 6.45) is 5.59. The van der Waals surface area contributed by atoms with E-state index < -0.39 is 0 Å². The fourth-order valence-electron chi connectivity index (χ4n) is 1.69. The summed E-state index contributed by atoms with van der Waals surface area (Å²) in [5, 5.41) is 0. The molecule has 106 valence electrons. The Balaban J connectivity index is 2.75. The van der Waals surface area contributed by atoms with Crippen LogP contribution in [0.5, 0.6) is 0 Å². The molecule has 1 aromatic rings. The third kappa shape index (κ3) is 5.76. The Kier molecular flexibility index (Phi) is 6.60. The van der Waals surface area contributed by atoms with E-state index >= 15 is 0 Å². The number of allylic oxidation sites excluding steroid dienone is 3. The molecule has 20 heavy (non-hydrogen) atoms. The van der Waals surface area contributed by atoms with Crippen LogP contribution < -0.4 is 0 Å². The van der Waals surface area contributed by atoms with E-state index in [1.807, 2.05) is 55.4 Å². The average Bonchev–Trinajstić information content (AvgIpc) is 2.41. The number of Topliss-reactive ketones (excluding diaryl/α,β-unsaturated/α-hetero) is 2. The minimum Gasteiger partial charge on any atom is -0.309 e. The van der Waals surface area contributed by atoms with Crippen LogP contribution >= 0.6 is 0 Å². The van der Waals surface area contributed by atoms with E-state index in [9.17, 15) is 9.59 Å². The Morgan fingerprint density at radius 2 is 1.80 bits per heavy atom. The largest absolute Gasteiger partial charge is 0.309 e. The third-order valence-electron chi connectivity index (χ3n) is 2.82. The van der Waals surface area contributed by atoms with Crippen LogP contribution in [0.25, 0.3) is 6.08 Å². The fourth-order valence-corrected chi connectivity index (χ4v) is 1.69. The number of carbonyl (C=O) groups excluding carboxylic acids is 2. The van der Waals surface area contributed by atoms with Crippen LogP contribution in [-0.4, -0.2) is 37.1 Å². The molecule has 0 aromatic heterocycles. The SMILES string of the molecule is CC(=O)/C(=C\C=C\c1ccccc1)C(=O)CCN(C)C. The second kappa shape index (κ2) is 8.23. The van der Waals surface area contributed by atoms with E-state index in [0.29, 0.717) is 13.0 Å². The maximum absolute atomic E-state index is 12.0. The van der Waals surface area contributed by atoms with E-state index in [-0.39, 0.29) is 17.1 Å². The van der Waals surface area contributed by atoms with Crippen LogP contribution in [0.1, 0.15) is 18.9 Å². The van der Waals surface area contributed by atoms with Gasteiger partial charge >= 0.3 is 0 Å². The first-order valence-corrected chi connectivity index (χ1v) is 6.63. The molecule has 0 N–H and O–H groups in total. The first-order chi connectivity index (χ1) is 9.50. The molecular weight excluding hydrogens is 250 g/mol. The number of hydrogen-bond acceptors (Lipinski definition) is 3. The van der Waals surface area contributed by atoms with Gasteiger partial charge in [0, 0.05) is 13.0 Å². The van der Waals surface area contributed by atoms with E-state index in [0.717, 1.165) is 5.56 Å². The average molecular weight is 271 g/mol. The summed E-state index contributed by atoms with van der Waals surface area (Å²) >= 11 is 0. The molecule has 3 heteroatoms. The topological polar surface area (TPSA) is 37.4 Å². The summed E-state index contributed by atoms with van der Waals surface area (Å²) in [5.41, 5.74) is 1.30. The first kappa shape index (κ1) is 16.1. The monoisotopic (exact) mass is 271 g/mol. The molecule has 0 radical (unpaired) electrons. The van der Waals surface area contributed by atoms with Gasteiger partial charge in [-0.3, -0.25) is 9.59 Å². The van der Waals surface area contributed by atoms with Crippen molar-refractivity contribution in [3.8, 4) is 0 Å². The lowest BCUT2D eigenvalue weighted by atomic mass is 10.0. The van der Waals surface area contributed by atoms with Gasteiger partial charge in [0.2, 0.25) is 0 Å². The van der Waals surface area contributed by atoms with Gasteiger partial charge in [-0.1, -0.05) is 42.5 Å². The molecule has 0 spiro atoms. The molecule has 0 fully saturated rings. The Hall–Kier alpha value is -2.00. The highest BCUT2D eigenvalue weighted by atomic mass is 16.1. The van der Waals surface area contributed by atoms with Gasteiger partial charge in [-0.25, -0.2) is 0 Å². The summed E-state index contributed by atoms with van der Waals surface area (Å²) < 4.78 is 0. The normalized spacial score (nSPS) is 12.1. The van der Waals surface area contributed by atoms with Crippen molar-refractivity contribution < 1.29 is 9.59 Å². The molecule has 1 rings (SSSR count). The molecule has 0 aliphatic heterocycles. The van der Waals surface area contributed by atoms with Crippen molar-refractivity contribution in [2.75, 3.05) is 20.6 Å². The standard InChI is InChI=1S/C17H21NO2/c1-14(19)16(17(20)12-13-18(2)3)11-7-10-15-8-5-4-6-9-15/h4-11H,12-13H2,1-3H3/b10-7+,16-11+. The molecule has 0 heterocycles. The van der Waals surface area contributed by atoms with Crippen molar-refractivity contribution in [2.24, 2.45) is 0 Å². The Morgan fingerprint density at radius 3 is 2.35 bits per heavy atom. The number of benzene rings is 1. The molecular formula is C17H21NO2. The number of ketones is 2. The van der Waals surface area contributed by atoms with Gasteiger partial charge in [0.15, 0.2) is 11.6 Å². The lowest BCUT2D eigenvalue weighted by molar-refractivity contribution is -0.120. The number of rotatable bonds is 7. The van der Waals surface area contributed by atoms with Gasteiger partial charge in [-0.05, 0) is 32.7 Å². The second-order valence-corrected chi connectivity index (χ2v) is 4.88. The quantitative estimate of drug-likeness (QED) is 0.331. The molecule has 0 amide bonds. The number of hydrogen-bond donors (Lipinski definition) is 0. The van der Waals surface area contributed by atoms with E-state index in [1.54, 1.807) is 12.2 Å². The molecule has 0 unspecified atom stereocenters. The Morgan fingerprint density at radius 1 is 1.15 bits per heavy atom. The molecule has 0 bridgehead atoms. The van der Waals surface area contributed by atoms with Crippen LogP contribution in [0.4, 0.5) is 0 Å². The van der Waals surface area contributed by atoms with Crippen LogP contribution in [0.2, 0.25) is 0 Å². The van der Waals surface area contributed by atoms with E-state index in [2.05, 4.69) is 0 Å². The van der Waals surface area contributed by atoms with Gasteiger partial charge in [-0.15, -0.1) is 0 Å². The van der Waals surface area contributed by atoms with Gasteiger partial charge in [0.05, 0.1) is 5.57 Å². The predicted octanol–water partition coefficient (Wildman–Crippen LogP) is 2.74. The highest BCUT2D eigenvalue weighted by Gasteiger charge is 2.13. The summed E-state index contributed by atoms with van der Waals surface area (Å²) in [7, 11) is 3.81. The maximum atomic E-state index is 12.0. The number of carbonyl (C=O) groups is 2. The van der Waals surface area contributed by atoms with Crippen molar-refractivity contribution in [1.29, 1.82) is 0 Å². The lowest BCUT2D eigenvalue weighted by Crippen LogP contribution is -2.19. The molecule has 0 aliphatic rings. The van der Waals surface area contributed by atoms with E-state index in [1.165, 1.54) is 6.92 Å². The van der Waals surface area contributed by atoms with Gasteiger partial charge in [0.1, 0.15) is 0 Å². The molecule has 3 nitrogen and oxygen atoms in total. The smallest absolute Gasteiger partial charge is 0.167 e. The van der Waals surface area contributed by atoms with Crippen LogP contribution in [0, 0.1) is 0 Å². The molecule has 0 saturated heterocycles. The second-order valence-electron chi connectivity index (χ2n) is 4.88. The molecule has 0 saturated carbocycles. The summed E-state index contributed by atoms with van der Waals surface area (Å²) in [4.78, 5) is 25.4. The third-order valence-corrected chi connectivity index (χ3v) is 2.82. The zero-order valence-electron chi connectivity index (χ0n) is 12.3. The van der Waals surface area contributed by atoms with Crippen molar-refractivity contribution in [2.45, 2.75) is 13.3 Å². The summed E-state index contributed by atoms with van der Waals surface area (Å²) in [5.74, 6) is -0.296. The highest BCUT2D eigenvalue weighted by Crippen LogP contribution is 2.06. The molecule has 1 aromatic carbocycles. The van der Waals surface area contributed by atoms with Crippen LogP contribution in [0.15, 0.2) is 48.1 Å². The van der Waals surface area contributed by atoms with Crippen molar-refractivity contribution in [3.63, 3.8) is 0 Å². The predicted molar refractivity (Wildman–Crippen MR) is 82.4 cm³/mol.